The first-order valence-electron chi connectivity index (χ1n) is 10.4. The molecule has 26 heavy (non-hydrogen) atoms. The molecular formula is C23H32N2O. The maximum Gasteiger partial charge on any atom is 0.219 e. The van der Waals surface area contributed by atoms with Crippen LogP contribution in [0.25, 0.3) is 5.57 Å². The van der Waals surface area contributed by atoms with Crippen molar-refractivity contribution >= 4 is 11.5 Å². The van der Waals surface area contributed by atoms with E-state index in [9.17, 15) is 4.79 Å². The Morgan fingerprint density at radius 3 is 2.65 bits per heavy atom. The van der Waals surface area contributed by atoms with Gasteiger partial charge in [-0.1, -0.05) is 30.3 Å². The lowest BCUT2D eigenvalue weighted by Gasteiger charge is -2.26. The molecule has 2 aliphatic heterocycles. The molecule has 1 aliphatic carbocycles. The topological polar surface area (TPSA) is 23.6 Å². The number of nitrogens with zero attached hydrogens (tertiary/aromatic N) is 2. The Bertz CT molecular complexity index is 678. The third kappa shape index (κ3) is 3.59. The zero-order valence-electron chi connectivity index (χ0n) is 16.3. The molecule has 0 saturated carbocycles. The van der Waals surface area contributed by atoms with Crippen molar-refractivity contribution in [2.24, 2.45) is 11.8 Å². The van der Waals surface area contributed by atoms with E-state index in [4.69, 9.17) is 0 Å². The highest BCUT2D eigenvalue weighted by molar-refractivity contribution is 5.76. The molecule has 0 aromatic heterocycles. The van der Waals surface area contributed by atoms with E-state index in [0.717, 1.165) is 32.0 Å². The highest BCUT2D eigenvalue weighted by Crippen LogP contribution is 2.41. The first-order valence-corrected chi connectivity index (χ1v) is 10.4. The van der Waals surface area contributed by atoms with Crippen molar-refractivity contribution < 1.29 is 4.79 Å². The summed E-state index contributed by atoms with van der Waals surface area (Å²) in [6, 6.07) is 10.0. The maximum absolute atomic E-state index is 11.8. The van der Waals surface area contributed by atoms with Crippen molar-refractivity contribution in [3.05, 3.63) is 41.5 Å². The zero-order chi connectivity index (χ0) is 18.1. The van der Waals surface area contributed by atoms with E-state index < -0.39 is 0 Å². The second-order valence-corrected chi connectivity index (χ2v) is 8.50. The molecule has 0 bridgehead atoms. The van der Waals surface area contributed by atoms with Crippen molar-refractivity contribution in [2.45, 2.75) is 52.0 Å². The van der Waals surface area contributed by atoms with E-state index in [1.54, 1.807) is 6.92 Å². The van der Waals surface area contributed by atoms with Gasteiger partial charge in [0.1, 0.15) is 0 Å². The van der Waals surface area contributed by atoms with Crippen molar-refractivity contribution in [2.75, 3.05) is 26.2 Å². The molecule has 140 valence electrons. The Hall–Kier alpha value is -1.61. The minimum atomic E-state index is 0.227. The van der Waals surface area contributed by atoms with Gasteiger partial charge in [0, 0.05) is 38.5 Å². The van der Waals surface area contributed by atoms with Gasteiger partial charge < -0.3 is 9.80 Å². The molecular weight excluding hydrogens is 320 g/mol. The first-order chi connectivity index (χ1) is 12.6. The van der Waals surface area contributed by atoms with Gasteiger partial charge in [-0.05, 0) is 68.2 Å². The molecule has 3 atom stereocenters. The Balaban J connectivity index is 1.41. The second kappa shape index (κ2) is 7.56. The maximum atomic E-state index is 11.8. The number of hydrogen-bond donors (Lipinski definition) is 0. The molecule has 2 fully saturated rings. The van der Waals surface area contributed by atoms with Crippen molar-refractivity contribution in [1.29, 1.82) is 0 Å². The fraction of sp³-hybridized carbons (Fsp3) is 0.609. The van der Waals surface area contributed by atoms with Gasteiger partial charge in [-0.25, -0.2) is 0 Å². The summed E-state index contributed by atoms with van der Waals surface area (Å²) in [5.41, 5.74) is 4.28. The number of amides is 1. The van der Waals surface area contributed by atoms with Crippen LogP contribution in [0.15, 0.2) is 30.3 Å². The van der Waals surface area contributed by atoms with Crippen LogP contribution >= 0.6 is 0 Å². The number of allylic oxidation sites excluding steroid dienone is 1. The largest absolute Gasteiger partial charge is 0.342 e. The van der Waals surface area contributed by atoms with E-state index in [2.05, 4.69) is 42.2 Å². The average molecular weight is 353 g/mol. The average Bonchev–Trinajstić information content (AvgIpc) is 3.26. The Morgan fingerprint density at radius 2 is 1.96 bits per heavy atom. The van der Waals surface area contributed by atoms with Crippen LogP contribution in [0.1, 0.15) is 50.7 Å². The van der Waals surface area contributed by atoms with Crippen LogP contribution in [-0.4, -0.2) is 47.9 Å². The highest BCUT2D eigenvalue weighted by Gasteiger charge is 2.37. The lowest BCUT2D eigenvalue weighted by molar-refractivity contribution is -0.127. The molecule has 0 N–H and O–H groups in total. The SMILES string of the molecule is CC(=O)N1CC2CCC=C(c3ccc(CCN4CCCC4C)cc3)C2C1. The highest BCUT2D eigenvalue weighted by atomic mass is 16.2. The first kappa shape index (κ1) is 17.8. The minimum Gasteiger partial charge on any atom is -0.342 e. The van der Waals surface area contributed by atoms with Gasteiger partial charge in [0.05, 0.1) is 0 Å². The van der Waals surface area contributed by atoms with Gasteiger partial charge in [0.15, 0.2) is 0 Å². The second-order valence-electron chi connectivity index (χ2n) is 8.50. The van der Waals surface area contributed by atoms with Crippen LogP contribution in [0, 0.1) is 11.8 Å². The third-order valence-electron chi connectivity index (χ3n) is 6.85. The number of likely N-dealkylation sites (tertiary alicyclic amines) is 2. The number of carbonyl (C=O) groups excluding carboxylic acids is 1. The van der Waals surface area contributed by atoms with E-state index >= 15 is 0 Å². The number of carbonyl (C=O) groups is 1. The summed E-state index contributed by atoms with van der Waals surface area (Å²) in [5.74, 6) is 1.41. The summed E-state index contributed by atoms with van der Waals surface area (Å²) in [6.45, 7) is 8.36. The predicted octanol–water partition coefficient (Wildman–Crippen LogP) is 3.99. The molecule has 2 saturated heterocycles. The smallest absolute Gasteiger partial charge is 0.219 e. The van der Waals surface area contributed by atoms with Crippen LogP contribution in [0.5, 0.6) is 0 Å². The van der Waals surface area contributed by atoms with E-state index in [1.165, 1.54) is 49.1 Å². The number of benzene rings is 1. The lowest BCUT2D eigenvalue weighted by atomic mass is 9.78. The third-order valence-corrected chi connectivity index (χ3v) is 6.85. The molecule has 3 unspecified atom stereocenters. The number of rotatable bonds is 4. The van der Waals surface area contributed by atoms with Crippen molar-refractivity contribution in [3.8, 4) is 0 Å². The molecule has 4 rings (SSSR count). The van der Waals surface area contributed by atoms with E-state index in [0.29, 0.717) is 11.8 Å². The van der Waals surface area contributed by atoms with Gasteiger partial charge in [-0.2, -0.15) is 0 Å². The number of fused-ring (bicyclic) bond motifs is 1. The monoisotopic (exact) mass is 352 g/mol. The van der Waals surface area contributed by atoms with Crippen LogP contribution < -0.4 is 0 Å². The summed E-state index contributed by atoms with van der Waals surface area (Å²) >= 11 is 0. The van der Waals surface area contributed by atoms with E-state index in [-0.39, 0.29) is 5.91 Å². The molecule has 1 amide bonds. The van der Waals surface area contributed by atoms with Crippen molar-refractivity contribution in [3.63, 3.8) is 0 Å². The van der Waals surface area contributed by atoms with Crippen LogP contribution in [0.2, 0.25) is 0 Å². The van der Waals surface area contributed by atoms with Gasteiger partial charge >= 0.3 is 0 Å². The normalized spacial score (nSPS) is 28.9. The van der Waals surface area contributed by atoms with Crippen LogP contribution in [0.3, 0.4) is 0 Å². The predicted molar refractivity (Wildman–Crippen MR) is 107 cm³/mol. The van der Waals surface area contributed by atoms with Crippen LogP contribution in [-0.2, 0) is 11.2 Å². The Kier molecular flexibility index (Phi) is 5.17. The molecule has 3 heteroatoms. The Labute approximate surface area is 158 Å². The van der Waals surface area contributed by atoms with Crippen LogP contribution in [0.4, 0.5) is 0 Å². The van der Waals surface area contributed by atoms with Gasteiger partial charge in [-0.15, -0.1) is 0 Å². The zero-order valence-corrected chi connectivity index (χ0v) is 16.3. The summed E-state index contributed by atoms with van der Waals surface area (Å²) in [7, 11) is 0. The molecule has 3 nitrogen and oxygen atoms in total. The van der Waals surface area contributed by atoms with E-state index in [1.807, 2.05) is 4.90 Å². The summed E-state index contributed by atoms with van der Waals surface area (Å²) in [4.78, 5) is 16.4. The summed E-state index contributed by atoms with van der Waals surface area (Å²) in [5, 5.41) is 0. The fourth-order valence-electron chi connectivity index (χ4n) is 5.17. The van der Waals surface area contributed by atoms with Crippen molar-refractivity contribution in [1.82, 2.24) is 9.80 Å². The molecule has 3 aliphatic rings. The number of hydrogen-bond acceptors (Lipinski definition) is 2. The molecule has 2 heterocycles. The standard InChI is InChI=1S/C23H32N2O/c1-17-5-4-13-24(17)14-12-19-8-10-20(11-9-19)22-7-3-6-21-15-25(18(2)26)16-23(21)22/h7-11,17,21,23H,3-6,12-16H2,1-2H3. The summed E-state index contributed by atoms with van der Waals surface area (Å²) in [6.07, 6.45) is 8.65. The lowest BCUT2D eigenvalue weighted by Crippen LogP contribution is -2.28. The van der Waals surface area contributed by atoms with Gasteiger partial charge in [-0.3, -0.25) is 4.79 Å². The molecule has 0 spiro atoms. The quantitative estimate of drug-likeness (QED) is 0.818. The molecule has 0 radical (unpaired) electrons. The van der Waals surface area contributed by atoms with Gasteiger partial charge in [0.25, 0.3) is 0 Å². The summed E-state index contributed by atoms with van der Waals surface area (Å²) < 4.78 is 0. The Morgan fingerprint density at radius 1 is 1.15 bits per heavy atom. The van der Waals surface area contributed by atoms with Gasteiger partial charge in [0.2, 0.25) is 5.91 Å². The molecule has 1 aromatic carbocycles. The minimum absolute atomic E-state index is 0.227. The fourth-order valence-corrected chi connectivity index (χ4v) is 5.17. The molecule has 1 aromatic rings.